The van der Waals surface area contributed by atoms with Crippen LogP contribution >= 0.6 is 7.92 Å². The van der Waals surface area contributed by atoms with Gasteiger partial charge in [-0.2, -0.15) is 0 Å². The summed E-state index contributed by atoms with van der Waals surface area (Å²) in [5.74, 6) is 0. The van der Waals surface area contributed by atoms with Crippen molar-refractivity contribution < 1.29 is 4.79 Å². The summed E-state index contributed by atoms with van der Waals surface area (Å²) in [7, 11) is -1.11. The quantitative estimate of drug-likeness (QED) is 0.505. The third-order valence-electron chi connectivity index (χ3n) is 3.61. The van der Waals surface area contributed by atoms with E-state index in [-0.39, 0.29) is 5.52 Å². The van der Waals surface area contributed by atoms with Gasteiger partial charge in [-0.05, 0) is 16.2 Å². The molecule has 0 saturated heterocycles. The molecule has 3 rings (SSSR count). The van der Waals surface area contributed by atoms with E-state index in [1.54, 1.807) is 0 Å². The highest BCUT2D eigenvalue weighted by molar-refractivity contribution is 7.89. The third-order valence-corrected chi connectivity index (χ3v) is 5.92. The van der Waals surface area contributed by atoms with E-state index in [0.717, 1.165) is 16.2 Å². The highest BCUT2D eigenvalue weighted by Gasteiger charge is 2.24. The van der Waals surface area contributed by atoms with E-state index in [1.165, 1.54) is 0 Å². The van der Waals surface area contributed by atoms with Gasteiger partial charge in [-0.25, -0.2) is 0 Å². The van der Waals surface area contributed by atoms with Crippen molar-refractivity contribution in [3.8, 4) is 0 Å². The number of hydrogen-bond acceptors (Lipinski definition) is 1. The first-order valence-corrected chi connectivity index (χ1v) is 8.80. The second-order valence-corrected chi connectivity index (χ2v) is 7.27. The van der Waals surface area contributed by atoms with Gasteiger partial charge in [-0.1, -0.05) is 97.6 Å². The van der Waals surface area contributed by atoms with Gasteiger partial charge < -0.3 is 0 Å². The molecule has 3 aromatic carbocycles. The summed E-state index contributed by atoms with van der Waals surface area (Å²) >= 11 is 0. The lowest BCUT2D eigenvalue weighted by Gasteiger charge is -2.18. The van der Waals surface area contributed by atoms with Crippen LogP contribution in [0.4, 0.5) is 0 Å². The Morgan fingerprint density at radius 3 is 1.48 bits per heavy atom. The maximum atomic E-state index is 13.2. The van der Waals surface area contributed by atoms with E-state index in [0.29, 0.717) is 5.57 Å². The highest BCUT2D eigenvalue weighted by atomic mass is 31.1. The van der Waals surface area contributed by atoms with E-state index in [4.69, 9.17) is 0 Å². The van der Waals surface area contributed by atoms with Crippen molar-refractivity contribution in [1.29, 1.82) is 0 Å². The van der Waals surface area contributed by atoms with Gasteiger partial charge in [0.2, 0.25) is 0 Å². The van der Waals surface area contributed by atoms with E-state index in [9.17, 15) is 4.79 Å². The first-order valence-electron chi connectivity index (χ1n) is 7.46. The van der Waals surface area contributed by atoms with Crippen LogP contribution in [0, 0.1) is 0 Å². The van der Waals surface area contributed by atoms with Crippen LogP contribution in [0.2, 0.25) is 0 Å². The van der Waals surface area contributed by atoms with Gasteiger partial charge in [0.05, 0.1) is 0 Å². The summed E-state index contributed by atoms with van der Waals surface area (Å²) in [6, 6.07) is 29.6. The molecule has 0 aliphatic carbocycles. The Morgan fingerprint density at radius 2 is 1.04 bits per heavy atom. The molecule has 0 N–H and O–H groups in total. The molecule has 0 heterocycles. The van der Waals surface area contributed by atoms with Gasteiger partial charge >= 0.3 is 0 Å². The second-order valence-electron chi connectivity index (χ2n) is 5.16. The fourth-order valence-corrected chi connectivity index (χ4v) is 4.54. The molecule has 23 heavy (non-hydrogen) atoms. The Morgan fingerprint density at radius 1 is 0.652 bits per heavy atom. The summed E-state index contributed by atoms with van der Waals surface area (Å²) in [5.41, 5.74) is 1.56. The minimum atomic E-state index is -1.11. The summed E-state index contributed by atoms with van der Waals surface area (Å²) in [6.45, 7) is 4.06. The molecule has 0 bridgehead atoms. The molecule has 0 unspecified atom stereocenters. The van der Waals surface area contributed by atoms with Crippen molar-refractivity contribution >= 4 is 29.6 Å². The zero-order valence-electron chi connectivity index (χ0n) is 12.7. The van der Waals surface area contributed by atoms with Crippen molar-refractivity contribution in [2.45, 2.75) is 0 Å². The van der Waals surface area contributed by atoms with Gasteiger partial charge in [0.15, 0.2) is 5.52 Å². The lowest BCUT2D eigenvalue weighted by atomic mass is 10.1. The molecule has 0 amide bonds. The highest BCUT2D eigenvalue weighted by Crippen LogP contribution is 2.39. The molecular formula is C21H17OP. The van der Waals surface area contributed by atoms with Crippen LogP contribution in [0.1, 0.15) is 5.56 Å². The fraction of sp³-hybridized carbons (Fsp3) is 0. The van der Waals surface area contributed by atoms with Gasteiger partial charge in [0.1, 0.15) is 0 Å². The summed E-state index contributed by atoms with van der Waals surface area (Å²) in [4.78, 5) is 13.2. The minimum Gasteiger partial charge on any atom is -0.288 e. The average molecular weight is 316 g/mol. The Balaban J connectivity index is 2.02. The summed E-state index contributed by atoms with van der Waals surface area (Å²) < 4.78 is 0. The summed E-state index contributed by atoms with van der Waals surface area (Å²) in [5, 5.41) is 2.10. The largest absolute Gasteiger partial charge is 0.288 e. The smallest absolute Gasteiger partial charge is 0.193 e. The number of carbonyl (C=O) groups excluding carboxylic acids is 1. The van der Waals surface area contributed by atoms with E-state index in [2.05, 4.69) is 6.58 Å². The van der Waals surface area contributed by atoms with Crippen LogP contribution in [0.5, 0.6) is 0 Å². The van der Waals surface area contributed by atoms with Crippen LogP contribution < -0.4 is 10.6 Å². The fourth-order valence-electron chi connectivity index (χ4n) is 2.44. The number of rotatable bonds is 5. The normalized spacial score (nSPS) is 10.5. The molecule has 0 atom stereocenters. The van der Waals surface area contributed by atoms with Crippen molar-refractivity contribution in [1.82, 2.24) is 0 Å². The van der Waals surface area contributed by atoms with Crippen LogP contribution in [-0.2, 0) is 4.79 Å². The standard InChI is InChI=1S/C21H17OP/c1-17(18-11-5-2-6-12-18)21(22)23(19-13-7-3-8-14-19)20-15-9-4-10-16-20/h2-16H,1H2. The van der Waals surface area contributed by atoms with Gasteiger partial charge in [-0.15, -0.1) is 0 Å². The maximum Gasteiger partial charge on any atom is 0.193 e. The predicted octanol–water partition coefficient (Wildman–Crippen LogP) is 4.36. The summed E-state index contributed by atoms with van der Waals surface area (Å²) in [6.07, 6.45) is 0. The monoisotopic (exact) mass is 316 g/mol. The Kier molecular flexibility index (Phi) is 4.80. The average Bonchev–Trinajstić information content (AvgIpc) is 2.64. The maximum absolute atomic E-state index is 13.2. The first kappa shape index (κ1) is 15.4. The minimum absolute atomic E-state index is 0.101. The molecule has 0 spiro atoms. The lowest BCUT2D eigenvalue weighted by Crippen LogP contribution is -2.18. The van der Waals surface area contributed by atoms with E-state index >= 15 is 0 Å². The lowest BCUT2D eigenvalue weighted by molar-refractivity contribution is -0.106. The van der Waals surface area contributed by atoms with Crippen LogP contribution in [0.15, 0.2) is 97.6 Å². The number of hydrogen-bond donors (Lipinski definition) is 0. The number of allylic oxidation sites excluding steroid dienone is 1. The zero-order valence-corrected chi connectivity index (χ0v) is 13.6. The van der Waals surface area contributed by atoms with Crippen molar-refractivity contribution in [2.24, 2.45) is 0 Å². The van der Waals surface area contributed by atoms with E-state index in [1.807, 2.05) is 91.0 Å². The molecule has 0 aromatic heterocycles. The van der Waals surface area contributed by atoms with Crippen LogP contribution in [0.25, 0.3) is 5.57 Å². The van der Waals surface area contributed by atoms with Gasteiger partial charge in [0, 0.05) is 13.5 Å². The van der Waals surface area contributed by atoms with Crippen molar-refractivity contribution in [3.05, 3.63) is 103 Å². The molecule has 1 nitrogen and oxygen atoms in total. The van der Waals surface area contributed by atoms with Crippen molar-refractivity contribution in [3.63, 3.8) is 0 Å². The zero-order chi connectivity index (χ0) is 16.1. The molecule has 2 heteroatoms. The molecular weight excluding hydrogens is 299 g/mol. The third kappa shape index (κ3) is 3.47. The van der Waals surface area contributed by atoms with Gasteiger partial charge in [-0.3, -0.25) is 4.79 Å². The Labute approximate surface area is 138 Å². The Hall–Kier alpha value is -2.50. The van der Waals surface area contributed by atoms with Gasteiger partial charge in [0.25, 0.3) is 0 Å². The molecule has 0 radical (unpaired) electrons. The first-order chi connectivity index (χ1) is 11.3. The van der Waals surface area contributed by atoms with E-state index < -0.39 is 7.92 Å². The molecule has 112 valence electrons. The Bertz CT molecular complexity index is 756. The number of benzene rings is 3. The predicted molar refractivity (Wildman–Crippen MR) is 99.6 cm³/mol. The van der Waals surface area contributed by atoms with Crippen molar-refractivity contribution in [2.75, 3.05) is 0 Å². The molecule has 0 saturated carbocycles. The molecule has 0 fully saturated rings. The van der Waals surface area contributed by atoms with Crippen LogP contribution in [-0.4, -0.2) is 5.52 Å². The number of carbonyl (C=O) groups is 1. The second kappa shape index (κ2) is 7.17. The SMILES string of the molecule is C=C(C(=O)P(c1ccccc1)c1ccccc1)c1ccccc1. The molecule has 3 aromatic rings. The van der Waals surface area contributed by atoms with Crippen LogP contribution in [0.3, 0.4) is 0 Å². The topological polar surface area (TPSA) is 17.1 Å². The molecule has 0 aliphatic rings. The molecule has 0 aliphatic heterocycles.